The molecule has 1 aliphatic carbocycles. The number of pyridine rings is 1. The van der Waals surface area contributed by atoms with Crippen molar-refractivity contribution in [2.75, 3.05) is 32.4 Å². The molecular formula is C34H38N4O6. The van der Waals surface area contributed by atoms with Crippen LogP contribution in [0.3, 0.4) is 0 Å². The average molecular weight is 599 g/mol. The van der Waals surface area contributed by atoms with Gasteiger partial charge in [0, 0.05) is 73.6 Å². The van der Waals surface area contributed by atoms with Crippen LogP contribution >= 0.6 is 0 Å². The highest BCUT2D eigenvalue weighted by molar-refractivity contribution is 5.88. The number of ether oxygens (including phenoxy) is 2. The summed E-state index contributed by atoms with van der Waals surface area (Å²) in [7, 11) is 1.91. The summed E-state index contributed by atoms with van der Waals surface area (Å²) in [6.45, 7) is 7.71. The largest absolute Gasteiger partial charge is 0.481 e. The van der Waals surface area contributed by atoms with Gasteiger partial charge >= 0.3 is 11.6 Å². The van der Waals surface area contributed by atoms with Crippen LogP contribution in [0.5, 0.6) is 5.75 Å². The number of amides is 1. The number of nitrogens with one attached hydrogen (secondary N) is 1. The first kappa shape index (κ1) is 29.6. The van der Waals surface area contributed by atoms with E-state index in [-0.39, 0.29) is 12.3 Å². The molecule has 3 aliphatic rings. The van der Waals surface area contributed by atoms with Gasteiger partial charge in [-0.3, -0.25) is 4.79 Å². The number of carbonyl (C=O) groups excluding carboxylic acids is 2. The Morgan fingerprint density at radius 3 is 2.80 bits per heavy atom. The van der Waals surface area contributed by atoms with Crippen molar-refractivity contribution >= 4 is 28.7 Å². The van der Waals surface area contributed by atoms with Gasteiger partial charge in [-0.05, 0) is 62.7 Å². The van der Waals surface area contributed by atoms with Gasteiger partial charge in [0.2, 0.25) is 5.91 Å². The second kappa shape index (κ2) is 11.2. The summed E-state index contributed by atoms with van der Waals surface area (Å²) in [5.41, 5.74) is 6.91. The van der Waals surface area contributed by atoms with Gasteiger partial charge in [0.15, 0.2) is 11.2 Å². The standard InChI is InChI=1S/C34H38N4O6/c1-5-20(2)32(41)44-33(3)10-6-7-26(34(33)15-23-11-22-8-9-31(40)42-27(22)14-28(23)43-34)25-13-29(35)37-17-24(25)12-30(39)38-18-21(19-38)16-36-4/h5-9,11,13-14,17,21,26,36H,10,12,15-16,18-19H2,1-4H3,(H2,35,37). The van der Waals surface area contributed by atoms with E-state index in [4.69, 9.17) is 19.6 Å². The van der Waals surface area contributed by atoms with Crippen LogP contribution in [0.1, 0.15) is 49.8 Å². The second-order valence-corrected chi connectivity index (χ2v) is 12.3. The Labute approximate surface area is 255 Å². The molecule has 10 heteroatoms. The number of nitrogens with two attached hydrogens (primary N) is 1. The van der Waals surface area contributed by atoms with Gasteiger partial charge in [0.25, 0.3) is 0 Å². The highest BCUT2D eigenvalue weighted by atomic mass is 16.6. The Morgan fingerprint density at radius 2 is 2.05 bits per heavy atom. The van der Waals surface area contributed by atoms with E-state index in [1.54, 1.807) is 44.3 Å². The summed E-state index contributed by atoms with van der Waals surface area (Å²) in [6.07, 6.45) is 8.41. The molecule has 10 nitrogen and oxygen atoms in total. The maximum Gasteiger partial charge on any atom is 0.336 e. The smallest absolute Gasteiger partial charge is 0.336 e. The van der Waals surface area contributed by atoms with Gasteiger partial charge in [-0.2, -0.15) is 0 Å². The van der Waals surface area contributed by atoms with Crippen LogP contribution in [0.15, 0.2) is 69.5 Å². The van der Waals surface area contributed by atoms with Crippen LogP contribution in [0.4, 0.5) is 5.82 Å². The summed E-state index contributed by atoms with van der Waals surface area (Å²) >= 11 is 0. The molecule has 44 heavy (non-hydrogen) atoms. The summed E-state index contributed by atoms with van der Waals surface area (Å²) in [4.78, 5) is 44.9. The molecule has 0 radical (unpaired) electrons. The van der Waals surface area contributed by atoms with Crippen molar-refractivity contribution in [2.45, 2.75) is 57.2 Å². The van der Waals surface area contributed by atoms with Gasteiger partial charge < -0.3 is 29.8 Å². The first-order chi connectivity index (χ1) is 21.1. The minimum atomic E-state index is -1.11. The van der Waals surface area contributed by atoms with Crippen LogP contribution in [-0.2, 0) is 27.2 Å². The Balaban J connectivity index is 1.43. The average Bonchev–Trinajstić information content (AvgIpc) is 3.34. The summed E-state index contributed by atoms with van der Waals surface area (Å²) in [5, 5.41) is 3.94. The molecule has 1 aromatic carbocycles. The normalized spacial score (nSPS) is 24.7. The topological polar surface area (TPSA) is 137 Å². The lowest BCUT2D eigenvalue weighted by molar-refractivity contribution is -0.182. The summed E-state index contributed by atoms with van der Waals surface area (Å²) < 4.78 is 18.7. The monoisotopic (exact) mass is 598 g/mol. The van der Waals surface area contributed by atoms with Crippen molar-refractivity contribution in [1.82, 2.24) is 15.2 Å². The number of allylic oxidation sites excluding steroid dienone is 1. The number of aromatic nitrogens is 1. The SMILES string of the molecule is CC=C(C)C(=O)OC1(C)CC=CC(c2cc(N)ncc2CC(=O)N2CC(CNC)C2)C12Cc1cc3ccc(=O)oc3cc1O2. The number of anilines is 1. The number of nitrogen functional groups attached to an aromatic ring is 1. The molecule has 0 saturated carbocycles. The molecule has 230 valence electrons. The molecule has 1 spiro atoms. The molecule has 0 bridgehead atoms. The van der Waals surface area contributed by atoms with E-state index in [0.717, 1.165) is 28.6 Å². The molecule has 3 aromatic rings. The second-order valence-electron chi connectivity index (χ2n) is 12.3. The number of esters is 1. The molecule has 2 aliphatic heterocycles. The van der Waals surface area contributed by atoms with Crippen molar-refractivity contribution in [3.05, 3.63) is 87.4 Å². The molecule has 3 atom stereocenters. The first-order valence-corrected chi connectivity index (χ1v) is 15.0. The van der Waals surface area contributed by atoms with Crippen LogP contribution in [-0.4, -0.2) is 59.6 Å². The van der Waals surface area contributed by atoms with Crippen LogP contribution < -0.4 is 21.4 Å². The minimum Gasteiger partial charge on any atom is -0.481 e. The van der Waals surface area contributed by atoms with E-state index in [0.29, 0.717) is 54.6 Å². The number of nitrogens with zero attached hydrogens (tertiary/aromatic N) is 2. The lowest BCUT2D eigenvalue weighted by Gasteiger charge is -2.50. The summed E-state index contributed by atoms with van der Waals surface area (Å²) in [5.74, 6) is 0.442. The highest BCUT2D eigenvalue weighted by Crippen LogP contribution is 2.55. The third-order valence-corrected chi connectivity index (χ3v) is 9.38. The minimum absolute atomic E-state index is 0.0221. The Hall–Kier alpha value is -4.44. The molecule has 4 heterocycles. The summed E-state index contributed by atoms with van der Waals surface area (Å²) in [6, 6.07) is 8.59. The zero-order valence-electron chi connectivity index (χ0n) is 25.5. The Bertz CT molecular complexity index is 1760. The molecule has 3 N–H and O–H groups in total. The maximum atomic E-state index is 13.4. The van der Waals surface area contributed by atoms with Crippen LogP contribution in [0.2, 0.25) is 0 Å². The van der Waals surface area contributed by atoms with E-state index in [1.165, 1.54) is 6.07 Å². The van der Waals surface area contributed by atoms with Gasteiger partial charge in [0.1, 0.15) is 17.2 Å². The van der Waals surface area contributed by atoms with E-state index in [9.17, 15) is 14.4 Å². The number of rotatable bonds is 7. The fourth-order valence-electron chi connectivity index (χ4n) is 6.75. The van der Waals surface area contributed by atoms with Crippen molar-refractivity contribution in [1.29, 1.82) is 0 Å². The molecule has 1 fully saturated rings. The van der Waals surface area contributed by atoms with Crippen molar-refractivity contribution in [2.24, 2.45) is 5.92 Å². The Morgan fingerprint density at radius 1 is 1.25 bits per heavy atom. The molecule has 1 saturated heterocycles. The molecule has 3 unspecified atom stereocenters. The van der Waals surface area contributed by atoms with Crippen molar-refractivity contribution < 1.29 is 23.5 Å². The number of hydrogen-bond acceptors (Lipinski definition) is 9. The quantitative estimate of drug-likeness (QED) is 0.181. The van der Waals surface area contributed by atoms with E-state index in [2.05, 4.69) is 16.4 Å². The number of benzene rings is 1. The third-order valence-electron chi connectivity index (χ3n) is 9.38. The molecular weight excluding hydrogens is 560 g/mol. The van der Waals surface area contributed by atoms with E-state index >= 15 is 0 Å². The van der Waals surface area contributed by atoms with Gasteiger partial charge in [-0.25, -0.2) is 14.6 Å². The fraction of sp³-hybridized carbons (Fsp3) is 0.412. The number of hydrogen-bond donors (Lipinski definition) is 2. The molecule has 1 amide bonds. The third kappa shape index (κ3) is 5.06. The molecule has 2 aromatic heterocycles. The predicted molar refractivity (Wildman–Crippen MR) is 166 cm³/mol. The van der Waals surface area contributed by atoms with Gasteiger partial charge in [-0.1, -0.05) is 18.2 Å². The van der Waals surface area contributed by atoms with Crippen LogP contribution in [0, 0.1) is 5.92 Å². The lowest BCUT2D eigenvalue weighted by atomic mass is 9.64. The van der Waals surface area contributed by atoms with Crippen LogP contribution in [0.25, 0.3) is 11.0 Å². The van der Waals surface area contributed by atoms with E-state index in [1.807, 2.05) is 31.0 Å². The predicted octanol–water partition coefficient (Wildman–Crippen LogP) is 3.68. The van der Waals surface area contributed by atoms with Gasteiger partial charge in [-0.15, -0.1) is 0 Å². The zero-order chi connectivity index (χ0) is 31.2. The van der Waals surface area contributed by atoms with Crippen molar-refractivity contribution in [3.63, 3.8) is 0 Å². The molecule has 6 rings (SSSR count). The fourth-order valence-corrected chi connectivity index (χ4v) is 6.75. The Kier molecular flexibility index (Phi) is 7.57. The number of likely N-dealkylation sites (tertiary alicyclic amines) is 1. The zero-order valence-corrected chi connectivity index (χ0v) is 25.5. The number of fused-ring (bicyclic) bond motifs is 2. The van der Waals surface area contributed by atoms with E-state index < -0.39 is 28.7 Å². The van der Waals surface area contributed by atoms with Crippen molar-refractivity contribution in [3.8, 4) is 5.75 Å². The maximum absolute atomic E-state index is 13.4. The van der Waals surface area contributed by atoms with Gasteiger partial charge in [0.05, 0.1) is 6.42 Å². The lowest BCUT2D eigenvalue weighted by Crippen LogP contribution is -2.62. The number of carbonyl (C=O) groups is 2. The first-order valence-electron chi connectivity index (χ1n) is 15.0. The highest BCUT2D eigenvalue weighted by Gasteiger charge is 2.62.